The van der Waals surface area contributed by atoms with Gasteiger partial charge in [0.2, 0.25) is 0 Å². The monoisotopic (exact) mass is 346 g/mol. The average Bonchev–Trinajstić information content (AvgIpc) is 2.56. The highest BCUT2D eigenvalue weighted by atomic mass is 35.5. The number of anilines is 1. The number of nitrogens with zero attached hydrogens (tertiary/aromatic N) is 4. The standard InChI is InChI=1S/C17H19ClN4O2/c1-4-21(5-2)13-6-8-16(12(3)10-13)19-20-17-9-7-14(22(23)24)11-15(17)18/h6-11H,4-5H2,1-3H3/b20-19+. The number of rotatable bonds is 6. The van der Waals surface area contributed by atoms with Crippen molar-refractivity contribution < 1.29 is 4.92 Å². The zero-order valence-corrected chi connectivity index (χ0v) is 14.6. The van der Waals surface area contributed by atoms with E-state index in [0.717, 1.165) is 30.0 Å². The maximum Gasteiger partial charge on any atom is 0.271 e. The van der Waals surface area contributed by atoms with Gasteiger partial charge in [0.15, 0.2) is 0 Å². The number of hydrogen-bond acceptors (Lipinski definition) is 5. The number of nitro groups is 1. The van der Waals surface area contributed by atoms with Crippen molar-refractivity contribution >= 4 is 34.4 Å². The van der Waals surface area contributed by atoms with Gasteiger partial charge in [0.05, 0.1) is 15.6 Å². The van der Waals surface area contributed by atoms with Crippen LogP contribution in [0.1, 0.15) is 19.4 Å². The lowest BCUT2D eigenvalue weighted by molar-refractivity contribution is -0.384. The van der Waals surface area contributed by atoms with Crippen LogP contribution in [-0.2, 0) is 0 Å². The zero-order valence-electron chi connectivity index (χ0n) is 13.9. The smallest absolute Gasteiger partial charge is 0.271 e. The lowest BCUT2D eigenvalue weighted by Gasteiger charge is -2.21. The van der Waals surface area contributed by atoms with Gasteiger partial charge >= 0.3 is 0 Å². The summed E-state index contributed by atoms with van der Waals surface area (Å²) in [5, 5.41) is 19.2. The Bertz CT molecular complexity index is 773. The molecular weight excluding hydrogens is 328 g/mol. The van der Waals surface area contributed by atoms with Crippen molar-refractivity contribution in [1.29, 1.82) is 0 Å². The fraction of sp³-hybridized carbons (Fsp3) is 0.294. The van der Waals surface area contributed by atoms with E-state index in [9.17, 15) is 10.1 Å². The largest absolute Gasteiger partial charge is 0.372 e. The summed E-state index contributed by atoms with van der Waals surface area (Å²) in [5.74, 6) is 0. The summed E-state index contributed by atoms with van der Waals surface area (Å²) in [6, 6.07) is 10.1. The molecule has 6 nitrogen and oxygen atoms in total. The molecule has 0 fully saturated rings. The molecule has 0 saturated heterocycles. The number of benzene rings is 2. The number of halogens is 1. The predicted octanol–water partition coefficient (Wildman–Crippen LogP) is 5.82. The van der Waals surface area contributed by atoms with Crippen LogP contribution in [0, 0.1) is 17.0 Å². The van der Waals surface area contributed by atoms with E-state index in [1.165, 1.54) is 18.2 Å². The van der Waals surface area contributed by atoms with Crippen LogP contribution in [0.4, 0.5) is 22.7 Å². The van der Waals surface area contributed by atoms with Crippen LogP contribution in [0.25, 0.3) is 0 Å². The van der Waals surface area contributed by atoms with E-state index in [4.69, 9.17) is 11.6 Å². The molecule has 126 valence electrons. The van der Waals surface area contributed by atoms with E-state index in [1.807, 2.05) is 19.1 Å². The molecule has 0 spiro atoms. The third-order valence-corrected chi connectivity index (χ3v) is 4.02. The van der Waals surface area contributed by atoms with E-state index >= 15 is 0 Å². The van der Waals surface area contributed by atoms with Crippen LogP contribution in [0.3, 0.4) is 0 Å². The quantitative estimate of drug-likeness (QED) is 0.376. The van der Waals surface area contributed by atoms with Crippen LogP contribution in [0.5, 0.6) is 0 Å². The van der Waals surface area contributed by atoms with Crippen LogP contribution in [-0.4, -0.2) is 18.0 Å². The van der Waals surface area contributed by atoms with Crippen LogP contribution < -0.4 is 4.90 Å². The second kappa shape index (κ2) is 7.88. The molecule has 0 aromatic heterocycles. The molecule has 0 saturated carbocycles. The SMILES string of the molecule is CCN(CC)c1ccc(/N=N/c2ccc([N+](=O)[O-])cc2Cl)c(C)c1. The Hall–Kier alpha value is -2.47. The van der Waals surface area contributed by atoms with Gasteiger partial charge in [0, 0.05) is 30.9 Å². The fourth-order valence-electron chi connectivity index (χ4n) is 2.34. The summed E-state index contributed by atoms with van der Waals surface area (Å²) in [4.78, 5) is 12.5. The predicted molar refractivity (Wildman–Crippen MR) is 97.0 cm³/mol. The minimum absolute atomic E-state index is 0.0706. The van der Waals surface area contributed by atoms with Crippen LogP contribution in [0.2, 0.25) is 5.02 Å². The second-order valence-corrected chi connectivity index (χ2v) is 5.64. The van der Waals surface area contributed by atoms with Gasteiger partial charge < -0.3 is 4.90 Å². The zero-order chi connectivity index (χ0) is 17.7. The van der Waals surface area contributed by atoms with E-state index in [-0.39, 0.29) is 10.7 Å². The molecule has 0 bridgehead atoms. The Balaban J connectivity index is 2.25. The fourth-order valence-corrected chi connectivity index (χ4v) is 2.55. The molecule has 7 heteroatoms. The van der Waals surface area contributed by atoms with E-state index in [0.29, 0.717) is 5.69 Å². The molecule has 0 aliphatic rings. The topological polar surface area (TPSA) is 71.1 Å². The molecular formula is C17H19ClN4O2. The second-order valence-electron chi connectivity index (χ2n) is 5.24. The Morgan fingerprint density at radius 3 is 2.25 bits per heavy atom. The number of nitro benzene ring substituents is 1. The molecule has 0 amide bonds. The third kappa shape index (κ3) is 4.08. The molecule has 0 atom stereocenters. The van der Waals surface area contributed by atoms with Crippen molar-refractivity contribution in [3.63, 3.8) is 0 Å². The van der Waals surface area contributed by atoms with Gasteiger partial charge in [0.25, 0.3) is 5.69 Å². The van der Waals surface area contributed by atoms with E-state index in [1.54, 1.807) is 0 Å². The molecule has 0 radical (unpaired) electrons. The highest BCUT2D eigenvalue weighted by Crippen LogP contribution is 2.31. The molecule has 2 aromatic rings. The Kier molecular flexibility index (Phi) is 5.87. The first-order valence-electron chi connectivity index (χ1n) is 7.67. The van der Waals surface area contributed by atoms with Gasteiger partial charge in [-0.05, 0) is 50.6 Å². The van der Waals surface area contributed by atoms with Crippen molar-refractivity contribution in [2.75, 3.05) is 18.0 Å². The summed E-state index contributed by atoms with van der Waals surface area (Å²) >= 11 is 6.02. The lowest BCUT2D eigenvalue weighted by Crippen LogP contribution is -2.21. The van der Waals surface area contributed by atoms with Gasteiger partial charge in [-0.1, -0.05) is 11.6 Å². The maximum absolute atomic E-state index is 10.7. The first-order chi connectivity index (χ1) is 11.5. The van der Waals surface area contributed by atoms with Gasteiger partial charge in [-0.25, -0.2) is 0 Å². The lowest BCUT2D eigenvalue weighted by atomic mass is 10.1. The van der Waals surface area contributed by atoms with Crippen molar-refractivity contribution in [2.24, 2.45) is 10.2 Å². The van der Waals surface area contributed by atoms with Gasteiger partial charge in [-0.2, -0.15) is 5.11 Å². The molecule has 0 N–H and O–H groups in total. The van der Waals surface area contributed by atoms with Crippen molar-refractivity contribution in [3.8, 4) is 0 Å². The molecule has 0 unspecified atom stereocenters. The van der Waals surface area contributed by atoms with E-state index in [2.05, 4.69) is 35.0 Å². The Morgan fingerprint density at radius 1 is 1.08 bits per heavy atom. The number of aryl methyl sites for hydroxylation is 1. The van der Waals surface area contributed by atoms with Crippen molar-refractivity contribution in [2.45, 2.75) is 20.8 Å². The van der Waals surface area contributed by atoms with Crippen molar-refractivity contribution in [3.05, 3.63) is 57.1 Å². The molecule has 0 aliphatic heterocycles. The summed E-state index contributed by atoms with van der Waals surface area (Å²) in [6.45, 7) is 8.08. The molecule has 0 heterocycles. The number of hydrogen-bond donors (Lipinski definition) is 0. The number of azo groups is 1. The van der Waals surface area contributed by atoms with Crippen molar-refractivity contribution in [1.82, 2.24) is 0 Å². The Morgan fingerprint density at radius 2 is 1.71 bits per heavy atom. The minimum Gasteiger partial charge on any atom is -0.372 e. The first-order valence-corrected chi connectivity index (χ1v) is 8.05. The average molecular weight is 347 g/mol. The van der Waals surface area contributed by atoms with Crippen LogP contribution >= 0.6 is 11.6 Å². The summed E-state index contributed by atoms with van der Waals surface area (Å²) < 4.78 is 0. The van der Waals surface area contributed by atoms with Crippen LogP contribution in [0.15, 0.2) is 46.6 Å². The molecule has 2 aromatic carbocycles. The highest BCUT2D eigenvalue weighted by molar-refractivity contribution is 6.33. The van der Waals surface area contributed by atoms with Gasteiger partial charge in [0.1, 0.15) is 5.69 Å². The minimum atomic E-state index is -0.497. The van der Waals surface area contributed by atoms with E-state index < -0.39 is 4.92 Å². The van der Waals surface area contributed by atoms with Gasteiger partial charge in [-0.3, -0.25) is 10.1 Å². The highest BCUT2D eigenvalue weighted by Gasteiger charge is 2.09. The summed E-state index contributed by atoms with van der Waals surface area (Å²) in [6.07, 6.45) is 0. The molecule has 0 aliphatic carbocycles. The Labute approximate surface area is 145 Å². The summed E-state index contributed by atoms with van der Waals surface area (Å²) in [7, 11) is 0. The van der Waals surface area contributed by atoms with Gasteiger partial charge in [-0.15, -0.1) is 5.11 Å². The number of non-ortho nitro benzene ring substituents is 1. The molecule has 2 rings (SSSR count). The maximum atomic E-state index is 10.7. The summed E-state index contributed by atoms with van der Waals surface area (Å²) in [5.41, 5.74) is 3.21. The third-order valence-electron chi connectivity index (χ3n) is 3.72. The normalized spacial score (nSPS) is 11.0. The first kappa shape index (κ1) is 17.9. The molecule has 24 heavy (non-hydrogen) atoms.